The topological polar surface area (TPSA) is 35.5 Å². The smallest absolute Gasteiger partial charge is 0.173 e. The Labute approximate surface area is 121 Å². The highest BCUT2D eigenvalue weighted by Crippen LogP contribution is 2.37. The van der Waals surface area contributed by atoms with Gasteiger partial charge in [0.2, 0.25) is 0 Å². The molecule has 1 aliphatic rings. The number of carbonyl (C=O) groups is 1. The van der Waals surface area contributed by atoms with Crippen molar-refractivity contribution in [3.05, 3.63) is 23.8 Å². The van der Waals surface area contributed by atoms with Crippen molar-refractivity contribution in [1.82, 2.24) is 0 Å². The Bertz CT molecular complexity index is 445. The van der Waals surface area contributed by atoms with Crippen molar-refractivity contribution in [1.29, 1.82) is 0 Å². The average molecular weight is 276 g/mol. The van der Waals surface area contributed by atoms with E-state index in [0.29, 0.717) is 23.0 Å². The largest absolute Gasteiger partial charge is 0.496 e. The molecule has 2 atom stereocenters. The van der Waals surface area contributed by atoms with E-state index in [2.05, 4.69) is 6.92 Å². The molecule has 2 rings (SSSR count). The van der Waals surface area contributed by atoms with Crippen molar-refractivity contribution in [2.75, 3.05) is 14.2 Å². The van der Waals surface area contributed by atoms with Gasteiger partial charge in [0.15, 0.2) is 5.78 Å². The molecule has 1 aromatic rings. The fraction of sp³-hybridized carbons (Fsp3) is 0.588. The van der Waals surface area contributed by atoms with Crippen LogP contribution in [0.2, 0.25) is 0 Å². The van der Waals surface area contributed by atoms with Gasteiger partial charge in [0, 0.05) is 5.92 Å². The maximum absolute atomic E-state index is 12.9. The van der Waals surface area contributed by atoms with Gasteiger partial charge in [0.1, 0.15) is 17.1 Å². The molecule has 1 saturated carbocycles. The molecule has 0 radical (unpaired) electrons. The van der Waals surface area contributed by atoms with Gasteiger partial charge in [-0.15, -0.1) is 0 Å². The van der Waals surface area contributed by atoms with Gasteiger partial charge in [0.25, 0.3) is 0 Å². The lowest BCUT2D eigenvalue weighted by Crippen LogP contribution is -2.23. The first-order valence-corrected chi connectivity index (χ1v) is 7.46. The first-order chi connectivity index (χ1) is 9.71. The molecule has 0 saturated heterocycles. The number of methoxy groups -OCH3 is 2. The highest BCUT2D eigenvalue weighted by Gasteiger charge is 2.30. The zero-order chi connectivity index (χ0) is 14.5. The van der Waals surface area contributed by atoms with Gasteiger partial charge in [-0.25, -0.2) is 0 Å². The van der Waals surface area contributed by atoms with E-state index in [1.165, 1.54) is 6.42 Å². The lowest BCUT2D eigenvalue weighted by molar-refractivity contribution is 0.0855. The summed E-state index contributed by atoms with van der Waals surface area (Å²) in [5.74, 6) is 2.20. The minimum Gasteiger partial charge on any atom is -0.496 e. The Kier molecular flexibility index (Phi) is 5.05. The van der Waals surface area contributed by atoms with Gasteiger partial charge in [-0.2, -0.15) is 0 Å². The molecule has 1 aliphatic carbocycles. The number of rotatable bonds is 5. The Hall–Kier alpha value is -1.51. The van der Waals surface area contributed by atoms with Crippen molar-refractivity contribution in [2.24, 2.45) is 11.8 Å². The van der Waals surface area contributed by atoms with Gasteiger partial charge in [-0.3, -0.25) is 4.79 Å². The number of hydrogen-bond acceptors (Lipinski definition) is 3. The summed E-state index contributed by atoms with van der Waals surface area (Å²) in [6.07, 6.45) is 5.54. The molecule has 0 spiro atoms. The second-order valence-corrected chi connectivity index (χ2v) is 5.54. The van der Waals surface area contributed by atoms with Crippen LogP contribution in [0.25, 0.3) is 0 Å². The Morgan fingerprint density at radius 1 is 1.20 bits per heavy atom. The van der Waals surface area contributed by atoms with Crippen LogP contribution in [-0.4, -0.2) is 20.0 Å². The van der Waals surface area contributed by atoms with Crippen molar-refractivity contribution >= 4 is 5.78 Å². The fourth-order valence-electron chi connectivity index (χ4n) is 3.20. The number of carbonyl (C=O) groups excluding carboxylic acids is 1. The highest BCUT2D eigenvalue weighted by molar-refractivity contribution is 6.02. The van der Waals surface area contributed by atoms with Gasteiger partial charge in [-0.1, -0.05) is 32.3 Å². The van der Waals surface area contributed by atoms with Gasteiger partial charge < -0.3 is 9.47 Å². The number of Topliss-reactive ketones (excluding diaryl/α,β-unsaturated/α-hetero) is 1. The lowest BCUT2D eigenvalue weighted by atomic mass is 9.77. The number of benzene rings is 1. The minimum absolute atomic E-state index is 0.110. The number of ether oxygens (including phenoxy) is 2. The average Bonchev–Trinajstić information content (AvgIpc) is 2.53. The van der Waals surface area contributed by atoms with Crippen molar-refractivity contribution < 1.29 is 14.3 Å². The second-order valence-electron chi connectivity index (χ2n) is 5.54. The molecule has 0 bridgehead atoms. The van der Waals surface area contributed by atoms with E-state index < -0.39 is 0 Å². The zero-order valence-corrected chi connectivity index (χ0v) is 12.6. The Morgan fingerprint density at radius 2 is 1.85 bits per heavy atom. The van der Waals surface area contributed by atoms with Gasteiger partial charge >= 0.3 is 0 Å². The maximum Gasteiger partial charge on any atom is 0.173 e. The van der Waals surface area contributed by atoms with Crippen LogP contribution >= 0.6 is 0 Å². The summed E-state index contributed by atoms with van der Waals surface area (Å²) in [6.45, 7) is 2.21. The van der Waals surface area contributed by atoms with Gasteiger partial charge in [-0.05, 0) is 30.9 Å². The predicted molar refractivity (Wildman–Crippen MR) is 79.6 cm³/mol. The summed E-state index contributed by atoms with van der Waals surface area (Å²) in [6, 6.07) is 5.51. The second kappa shape index (κ2) is 6.78. The maximum atomic E-state index is 12.9. The van der Waals surface area contributed by atoms with E-state index in [4.69, 9.17) is 9.47 Å². The molecule has 3 nitrogen and oxygen atoms in total. The summed E-state index contributed by atoms with van der Waals surface area (Å²) in [5, 5.41) is 0. The third kappa shape index (κ3) is 2.97. The van der Waals surface area contributed by atoms with Crippen molar-refractivity contribution in [3.8, 4) is 11.5 Å². The van der Waals surface area contributed by atoms with E-state index >= 15 is 0 Å². The molecular weight excluding hydrogens is 252 g/mol. The molecule has 20 heavy (non-hydrogen) atoms. The summed E-state index contributed by atoms with van der Waals surface area (Å²) in [4.78, 5) is 12.9. The highest BCUT2D eigenvalue weighted by atomic mass is 16.5. The number of ketones is 1. The summed E-state index contributed by atoms with van der Waals surface area (Å²) in [7, 11) is 3.20. The van der Waals surface area contributed by atoms with Crippen LogP contribution in [-0.2, 0) is 0 Å². The Morgan fingerprint density at radius 3 is 2.40 bits per heavy atom. The Balaban J connectivity index is 2.28. The minimum atomic E-state index is 0.110. The van der Waals surface area contributed by atoms with E-state index in [-0.39, 0.29) is 11.7 Å². The SMILES string of the molecule is CCC1CCCC(C(=O)c2c(OC)cccc2OC)C1. The normalized spacial score (nSPS) is 22.4. The first-order valence-electron chi connectivity index (χ1n) is 7.46. The fourth-order valence-corrected chi connectivity index (χ4v) is 3.20. The quantitative estimate of drug-likeness (QED) is 0.759. The van der Waals surface area contributed by atoms with Gasteiger partial charge in [0.05, 0.1) is 14.2 Å². The summed E-state index contributed by atoms with van der Waals surface area (Å²) < 4.78 is 10.7. The van der Waals surface area contributed by atoms with Crippen LogP contribution in [0.3, 0.4) is 0 Å². The molecule has 3 heteroatoms. The summed E-state index contributed by atoms with van der Waals surface area (Å²) >= 11 is 0. The standard InChI is InChI=1S/C17H24O3/c1-4-12-7-5-8-13(11-12)17(18)16-14(19-2)9-6-10-15(16)20-3/h6,9-10,12-13H,4-5,7-8,11H2,1-3H3. The monoisotopic (exact) mass is 276 g/mol. The summed E-state index contributed by atoms with van der Waals surface area (Å²) in [5.41, 5.74) is 0.610. The van der Waals surface area contributed by atoms with Crippen LogP contribution < -0.4 is 9.47 Å². The van der Waals surface area contributed by atoms with Crippen molar-refractivity contribution in [3.63, 3.8) is 0 Å². The van der Waals surface area contributed by atoms with Crippen LogP contribution in [0.1, 0.15) is 49.4 Å². The van der Waals surface area contributed by atoms with Crippen LogP contribution in [0, 0.1) is 11.8 Å². The zero-order valence-electron chi connectivity index (χ0n) is 12.6. The van der Waals surface area contributed by atoms with E-state index in [0.717, 1.165) is 25.7 Å². The molecule has 0 amide bonds. The molecular formula is C17H24O3. The van der Waals surface area contributed by atoms with E-state index in [9.17, 15) is 4.79 Å². The molecule has 0 N–H and O–H groups in total. The molecule has 110 valence electrons. The van der Waals surface area contributed by atoms with E-state index in [1.807, 2.05) is 18.2 Å². The molecule has 1 fully saturated rings. The van der Waals surface area contributed by atoms with E-state index in [1.54, 1.807) is 14.2 Å². The molecule has 0 aliphatic heterocycles. The number of hydrogen-bond donors (Lipinski definition) is 0. The first kappa shape index (κ1) is 14.9. The molecule has 1 aromatic carbocycles. The third-order valence-electron chi connectivity index (χ3n) is 4.41. The van der Waals surface area contributed by atoms with Crippen LogP contribution in [0.15, 0.2) is 18.2 Å². The molecule has 0 aromatic heterocycles. The molecule has 2 unspecified atom stereocenters. The molecule has 0 heterocycles. The van der Waals surface area contributed by atoms with Crippen LogP contribution in [0.5, 0.6) is 11.5 Å². The van der Waals surface area contributed by atoms with Crippen LogP contribution in [0.4, 0.5) is 0 Å². The predicted octanol–water partition coefficient (Wildman–Crippen LogP) is 4.10. The lowest BCUT2D eigenvalue weighted by Gasteiger charge is -2.28. The van der Waals surface area contributed by atoms with Crippen molar-refractivity contribution in [2.45, 2.75) is 39.0 Å². The third-order valence-corrected chi connectivity index (χ3v) is 4.41.